The highest BCUT2D eigenvalue weighted by Crippen LogP contribution is 2.34. The summed E-state index contributed by atoms with van der Waals surface area (Å²) >= 11 is 0. The lowest BCUT2D eigenvalue weighted by Crippen LogP contribution is -2.57. The zero-order valence-corrected chi connectivity index (χ0v) is 22.3. The molecular formula is C26H43N3O4. The van der Waals surface area contributed by atoms with E-state index in [1.54, 1.807) is 25.7 Å². The number of ether oxygens (including phenoxy) is 1. The van der Waals surface area contributed by atoms with Crippen LogP contribution in [0.3, 0.4) is 0 Å². The maximum Gasteiger partial charge on any atom is 0.408 e. The largest absolute Gasteiger partial charge is 0.444 e. The lowest BCUT2D eigenvalue weighted by Gasteiger charge is -2.44. The van der Waals surface area contributed by atoms with Crippen LogP contribution in [0.15, 0.2) is 18.2 Å². The van der Waals surface area contributed by atoms with Gasteiger partial charge in [0.15, 0.2) is 0 Å². The highest BCUT2D eigenvalue weighted by molar-refractivity contribution is 5.91. The minimum atomic E-state index is -0.855. The molecule has 0 aliphatic carbocycles. The number of aryl methyl sites for hydroxylation is 1. The second-order valence-corrected chi connectivity index (χ2v) is 11.2. The van der Waals surface area contributed by atoms with Crippen molar-refractivity contribution in [2.45, 2.75) is 105 Å². The maximum absolute atomic E-state index is 13.6. The van der Waals surface area contributed by atoms with Gasteiger partial charge in [-0.05, 0) is 92.3 Å². The second-order valence-electron chi connectivity index (χ2n) is 11.2. The maximum atomic E-state index is 13.6. The number of amides is 3. The highest BCUT2D eigenvalue weighted by Gasteiger charge is 2.41. The molecule has 1 aromatic rings. The molecule has 186 valence electrons. The third kappa shape index (κ3) is 8.37. The van der Waals surface area contributed by atoms with Gasteiger partial charge in [0, 0.05) is 11.1 Å². The summed E-state index contributed by atoms with van der Waals surface area (Å²) in [6, 6.07) is 4.92. The molecule has 1 unspecified atom stereocenters. The standard InChI is InChI=1S/C26H43N3O4/c1-12-26(10,11)29(20(30)16-27-23(32)33-25(7,8)9)21(22(31)28-24(4,5)6)19-15-13-14-17(2)18(19)3/h13-15,21H,12,16H2,1-11H3,(H,27,32)(H,28,31). The molecule has 33 heavy (non-hydrogen) atoms. The fourth-order valence-corrected chi connectivity index (χ4v) is 3.45. The fraction of sp³-hybridized carbons (Fsp3) is 0.654. The Morgan fingerprint density at radius 1 is 1.00 bits per heavy atom. The van der Waals surface area contributed by atoms with Crippen molar-refractivity contribution in [3.05, 3.63) is 34.9 Å². The smallest absolute Gasteiger partial charge is 0.408 e. The molecule has 7 nitrogen and oxygen atoms in total. The van der Waals surface area contributed by atoms with Crippen molar-refractivity contribution in [2.24, 2.45) is 0 Å². The second kappa shape index (κ2) is 10.6. The molecule has 1 atom stereocenters. The van der Waals surface area contributed by atoms with E-state index in [0.717, 1.165) is 16.7 Å². The molecule has 1 aromatic carbocycles. The van der Waals surface area contributed by atoms with E-state index in [0.29, 0.717) is 6.42 Å². The minimum Gasteiger partial charge on any atom is -0.444 e. The Bertz CT molecular complexity index is 863. The molecule has 0 spiro atoms. The summed E-state index contributed by atoms with van der Waals surface area (Å²) in [7, 11) is 0. The number of hydrogen-bond acceptors (Lipinski definition) is 4. The molecule has 7 heteroatoms. The van der Waals surface area contributed by atoms with Crippen LogP contribution in [0.4, 0.5) is 4.79 Å². The first-order valence-corrected chi connectivity index (χ1v) is 11.6. The van der Waals surface area contributed by atoms with Gasteiger partial charge >= 0.3 is 6.09 Å². The number of hydrogen-bond donors (Lipinski definition) is 2. The quantitative estimate of drug-likeness (QED) is 0.610. The van der Waals surface area contributed by atoms with Crippen LogP contribution < -0.4 is 10.6 Å². The Kier molecular flexibility index (Phi) is 9.12. The first-order chi connectivity index (χ1) is 14.9. The number of nitrogens with one attached hydrogen (secondary N) is 2. The van der Waals surface area contributed by atoms with Gasteiger partial charge < -0.3 is 20.3 Å². The molecule has 0 fully saturated rings. The number of nitrogens with zero attached hydrogens (tertiary/aromatic N) is 1. The Hall–Kier alpha value is -2.57. The highest BCUT2D eigenvalue weighted by atomic mass is 16.6. The van der Waals surface area contributed by atoms with Crippen molar-refractivity contribution in [3.8, 4) is 0 Å². The molecule has 0 aliphatic heterocycles. The summed E-state index contributed by atoms with van der Waals surface area (Å²) < 4.78 is 5.27. The van der Waals surface area contributed by atoms with Gasteiger partial charge in [0.05, 0.1) is 0 Å². The summed E-state index contributed by atoms with van der Waals surface area (Å²) in [6.45, 7) is 20.5. The zero-order chi connectivity index (χ0) is 25.8. The summed E-state index contributed by atoms with van der Waals surface area (Å²) in [6.07, 6.45) is -0.0532. The van der Waals surface area contributed by atoms with Gasteiger partial charge in [0.2, 0.25) is 11.8 Å². The van der Waals surface area contributed by atoms with Gasteiger partial charge in [-0.3, -0.25) is 9.59 Å². The summed E-state index contributed by atoms with van der Waals surface area (Å²) in [5, 5.41) is 5.60. The molecule has 0 aromatic heterocycles. The first kappa shape index (κ1) is 28.5. The van der Waals surface area contributed by atoms with Crippen molar-refractivity contribution in [3.63, 3.8) is 0 Å². The molecule has 0 saturated heterocycles. The van der Waals surface area contributed by atoms with Crippen LogP contribution in [0.5, 0.6) is 0 Å². The number of carbonyl (C=O) groups excluding carboxylic acids is 3. The van der Waals surface area contributed by atoms with E-state index in [1.165, 1.54) is 0 Å². The van der Waals surface area contributed by atoms with Gasteiger partial charge in [-0.15, -0.1) is 0 Å². The Balaban J connectivity index is 3.49. The van der Waals surface area contributed by atoms with E-state index in [2.05, 4.69) is 10.6 Å². The summed E-state index contributed by atoms with van der Waals surface area (Å²) in [5.41, 5.74) is 0.953. The molecule has 1 rings (SSSR count). The molecule has 0 heterocycles. The van der Waals surface area contributed by atoms with E-state index >= 15 is 0 Å². The van der Waals surface area contributed by atoms with Crippen LogP contribution in [0.2, 0.25) is 0 Å². The lowest BCUT2D eigenvalue weighted by molar-refractivity contribution is -0.147. The van der Waals surface area contributed by atoms with E-state index in [9.17, 15) is 14.4 Å². The predicted molar refractivity (Wildman–Crippen MR) is 132 cm³/mol. The normalized spacial score (nSPS) is 13.2. The molecule has 0 saturated carbocycles. The van der Waals surface area contributed by atoms with Crippen LogP contribution in [0.1, 0.15) is 91.5 Å². The topological polar surface area (TPSA) is 87.7 Å². The van der Waals surface area contributed by atoms with Crippen LogP contribution in [-0.2, 0) is 14.3 Å². The van der Waals surface area contributed by atoms with E-state index in [1.807, 2.05) is 73.6 Å². The van der Waals surface area contributed by atoms with E-state index < -0.39 is 28.8 Å². The van der Waals surface area contributed by atoms with Gasteiger partial charge in [-0.1, -0.05) is 25.1 Å². The fourth-order valence-electron chi connectivity index (χ4n) is 3.45. The van der Waals surface area contributed by atoms with Gasteiger partial charge in [0.25, 0.3) is 0 Å². The van der Waals surface area contributed by atoms with Crippen molar-refractivity contribution in [1.29, 1.82) is 0 Å². The minimum absolute atomic E-state index is 0.261. The Morgan fingerprint density at radius 2 is 1.58 bits per heavy atom. The number of alkyl carbamates (subject to hydrolysis) is 1. The molecule has 0 bridgehead atoms. The molecule has 0 radical (unpaired) electrons. The molecule has 0 aliphatic rings. The average Bonchev–Trinajstić information content (AvgIpc) is 2.63. The van der Waals surface area contributed by atoms with Gasteiger partial charge in [-0.25, -0.2) is 4.79 Å². The van der Waals surface area contributed by atoms with E-state index in [4.69, 9.17) is 4.74 Å². The summed E-state index contributed by atoms with van der Waals surface area (Å²) in [4.78, 5) is 41.0. The monoisotopic (exact) mass is 461 g/mol. The van der Waals surface area contributed by atoms with Crippen molar-refractivity contribution in [2.75, 3.05) is 6.54 Å². The van der Waals surface area contributed by atoms with Crippen molar-refractivity contribution < 1.29 is 19.1 Å². The van der Waals surface area contributed by atoms with Gasteiger partial charge in [-0.2, -0.15) is 0 Å². The average molecular weight is 462 g/mol. The first-order valence-electron chi connectivity index (χ1n) is 11.6. The van der Waals surface area contributed by atoms with Crippen LogP contribution in [0, 0.1) is 13.8 Å². The Labute approximate surface area is 199 Å². The van der Waals surface area contributed by atoms with Crippen LogP contribution >= 0.6 is 0 Å². The Morgan fingerprint density at radius 3 is 2.06 bits per heavy atom. The van der Waals surface area contributed by atoms with Crippen molar-refractivity contribution in [1.82, 2.24) is 15.5 Å². The SMILES string of the molecule is CCC(C)(C)N(C(=O)CNC(=O)OC(C)(C)C)C(C(=O)NC(C)(C)C)c1cccc(C)c1C. The van der Waals surface area contributed by atoms with E-state index in [-0.39, 0.29) is 18.4 Å². The third-order valence-electron chi connectivity index (χ3n) is 5.51. The van der Waals surface area contributed by atoms with Crippen molar-refractivity contribution >= 4 is 17.9 Å². The number of rotatable bonds is 7. The molecular weight excluding hydrogens is 418 g/mol. The van der Waals surface area contributed by atoms with Gasteiger partial charge in [0.1, 0.15) is 18.2 Å². The lowest BCUT2D eigenvalue weighted by atomic mass is 9.89. The molecule has 2 N–H and O–H groups in total. The zero-order valence-electron chi connectivity index (χ0n) is 22.3. The third-order valence-corrected chi connectivity index (χ3v) is 5.51. The number of benzene rings is 1. The summed E-state index contributed by atoms with van der Waals surface area (Å²) in [5.74, 6) is -0.619. The number of carbonyl (C=O) groups is 3. The van der Waals surface area contributed by atoms with Crippen LogP contribution in [0.25, 0.3) is 0 Å². The molecule has 3 amide bonds. The van der Waals surface area contributed by atoms with Crippen LogP contribution in [-0.4, -0.2) is 46.0 Å². The predicted octanol–water partition coefficient (Wildman–Crippen LogP) is 4.80.